The highest BCUT2D eigenvalue weighted by Crippen LogP contribution is 2.33. The molecule has 0 bridgehead atoms. The number of halogens is 1. The van der Waals surface area contributed by atoms with Crippen molar-refractivity contribution in [3.8, 4) is 0 Å². The number of nitrogens with zero attached hydrogens (tertiary/aromatic N) is 1. The number of anilines is 1. The number of non-ortho nitro benzene ring substituents is 1. The van der Waals surface area contributed by atoms with Crippen LogP contribution in [0.3, 0.4) is 0 Å². The van der Waals surface area contributed by atoms with E-state index in [-0.39, 0.29) is 22.0 Å². The van der Waals surface area contributed by atoms with Crippen LogP contribution < -0.4 is 5.32 Å². The highest BCUT2D eigenvalue weighted by molar-refractivity contribution is 6.34. The number of nitrogens with one attached hydrogen (secondary N) is 1. The first-order valence-electron chi connectivity index (χ1n) is 5.11. The van der Waals surface area contributed by atoms with Crippen molar-refractivity contribution >= 4 is 28.9 Å². The number of carboxylic acids is 1. The van der Waals surface area contributed by atoms with Crippen molar-refractivity contribution in [2.24, 2.45) is 0 Å². The summed E-state index contributed by atoms with van der Waals surface area (Å²) in [6.45, 7) is 5.49. The molecule has 0 aromatic heterocycles. The minimum Gasteiger partial charge on any atom is -0.478 e. The molecule has 1 aromatic rings. The van der Waals surface area contributed by atoms with Crippen molar-refractivity contribution in [1.82, 2.24) is 0 Å². The number of nitro benzene ring substituents is 1. The molecule has 0 radical (unpaired) electrons. The Morgan fingerprint density at radius 1 is 1.44 bits per heavy atom. The lowest BCUT2D eigenvalue weighted by Gasteiger charge is -2.24. The molecule has 98 valence electrons. The molecular weight excluding hydrogens is 260 g/mol. The van der Waals surface area contributed by atoms with Gasteiger partial charge in [-0.25, -0.2) is 4.79 Å². The third-order valence-corrected chi connectivity index (χ3v) is 2.31. The van der Waals surface area contributed by atoms with Crippen LogP contribution in [0.4, 0.5) is 11.4 Å². The predicted molar refractivity (Wildman–Crippen MR) is 68.4 cm³/mol. The van der Waals surface area contributed by atoms with E-state index in [1.54, 1.807) is 0 Å². The van der Waals surface area contributed by atoms with Crippen molar-refractivity contribution in [2.75, 3.05) is 5.32 Å². The Hall–Kier alpha value is -1.82. The Kier molecular flexibility index (Phi) is 3.81. The monoisotopic (exact) mass is 272 g/mol. The number of benzene rings is 1. The van der Waals surface area contributed by atoms with Gasteiger partial charge in [0.2, 0.25) is 0 Å². The molecule has 2 N–H and O–H groups in total. The normalized spacial score (nSPS) is 11.1. The van der Waals surface area contributed by atoms with Gasteiger partial charge in [0.25, 0.3) is 5.69 Å². The van der Waals surface area contributed by atoms with Crippen molar-refractivity contribution in [1.29, 1.82) is 0 Å². The van der Waals surface area contributed by atoms with Crippen molar-refractivity contribution in [3.05, 3.63) is 32.8 Å². The van der Waals surface area contributed by atoms with E-state index in [9.17, 15) is 14.9 Å². The lowest BCUT2D eigenvalue weighted by atomic mass is 10.1. The van der Waals surface area contributed by atoms with Crippen LogP contribution >= 0.6 is 11.6 Å². The molecule has 0 spiro atoms. The number of carboxylic acid groups (broad SMARTS) is 1. The van der Waals surface area contributed by atoms with Gasteiger partial charge in [-0.1, -0.05) is 11.6 Å². The summed E-state index contributed by atoms with van der Waals surface area (Å²) < 4.78 is 0. The summed E-state index contributed by atoms with van der Waals surface area (Å²) in [5.41, 5.74) is -0.799. The maximum atomic E-state index is 11.1. The number of nitro groups is 1. The summed E-state index contributed by atoms with van der Waals surface area (Å²) in [6.07, 6.45) is 0. The summed E-state index contributed by atoms with van der Waals surface area (Å²) in [7, 11) is 0. The molecule has 0 amide bonds. The summed E-state index contributed by atoms with van der Waals surface area (Å²) >= 11 is 5.90. The summed E-state index contributed by atoms with van der Waals surface area (Å²) in [5.74, 6) is -1.27. The van der Waals surface area contributed by atoms with Crippen LogP contribution in [0, 0.1) is 10.1 Å². The molecule has 0 aliphatic heterocycles. The van der Waals surface area contributed by atoms with Gasteiger partial charge >= 0.3 is 5.97 Å². The lowest BCUT2D eigenvalue weighted by Crippen LogP contribution is -2.27. The topological polar surface area (TPSA) is 92.5 Å². The summed E-state index contributed by atoms with van der Waals surface area (Å²) in [5, 5.41) is 22.7. The second-order valence-electron chi connectivity index (χ2n) is 4.79. The largest absolute Gasteiger partial charge is 0.478 e. The zero-order valence-corrected chi connectivity index (χ0v) is 10.9. The van der Waals surface area contributed by atoms with Gasteiger partial charge in [-0.3, -0.25) is 10.1 Å². The summed E-state index contributed by atoms with van der Waals surface area (Å²) in [6, 6.07) is 2.12. The highest BCUT2D eigenvalue weighted by Gasteiger charge is 2.22. The van der Waals surface area contributed by atoms with Gasteiger partial charge < -0.3 is 10.4 Å². The smallest absolute Gasteiger partial charge is 0.338 e. The predicted octanol–water partition coefficient (Wildman–Crippen LogP) is 3.16. The molecule has 7 heteroatoms. The molecule has 0 atom stereocenters. The molecule has 1 rings (SSSR count). The Bertz CT molecular complexity index is 509. The van der Waals surface area contributed by atoms with E-state index in [4.69, 9.17) is 16.7 Å². The van der Waals surface area contributed by atoms with Crippen LogP contribution in [0.1, 0.15) is 31.1 Å². The minimum absolute atomic E-state index is 0.0107. The van der Waals surface area contributed by atoms with Crippen LogP contribution in [0.5, 0.6) is 0 Å². The zero-order chi connectivity index (χ0) is 14.1. The fourth-order valence-electron chi connectivity index (χ4n) is 1.37. The molecular formula is C11H13ClN2O4. The number of rotatable bonds is 3. The molecule has 0 saturated heterocycles. The first-order chi connectivity index (χ1) is 8.11. The number of hydrogen-bond donors (Lipinski definition) is 2. The average molecular weight is 273 g/mol. The third kappa shape index (κ3) is 3.33. The Balaban J connectivity index is 3.41. The van der Waals surface area contributed by atoms with E-state index in [1.165, 1.54) is 0 Å². The van der Waals surface area contributed by atoms with E-state index >= 15 is 0 Å². The van der Waals surface area contributed by atoms with Gasteiger partial charge in [0.05, 0.1) is 21.2 Å². The van der Waals surface area contributed by atoms with E-state index < -0.39 is 16.4 Å². The Labute approximate surface area is 109 Å². The standard InChI is InChI=1S/C11H13ClN2O4/c1-11(2,3)13-9-7(10(15)16)4-6(14(17)18)5-8(9)12/h4-5,13H,1-3H3,(H,15,16). The van der Waals surface area contributed by atoms with Gasteiger partial charge in [-0.2, -0.15) is 0 Å². The number of carbonyl (C=O) groups is 1. The molecule has 0 aliphatic carbocycles. The molecule has 0 fully saturated rings. The Morgan fingerprint density at radius 2 is 2.00 bits per heavy atom. The van der Waals surface area contributed by atoms with Crippen molar-refractivity contribution < 1.29 is 14.8 Å². The average Bonchev–Trinajstić information content (AvgIpc) is 2.18. The molecule has 6 nitrogen and oxygen atoms in total. The SMILES string of the molecule is CC(C)(C)Nc1c(Cl)cc([N+](=O)[O-])cc1C(=O)O. The van der Waals surface area contributed by atoms with Gasteiger partial charge in [0.15, 0.2) is 0 Å². The van der Waals surface area contributed by atoms with Crippen LogP contribution in [0.25, 0.3) is 0 Å². The maximum Gasteiger partial charge on any atom is 0.338 e. The Morgan fingerprint density at radius 3 is 2.39 bits per heavy atom. The lowest BCUT2D eigenvalue weighted by molar-refractivity contribution is -0.384. The van der Waals surface area contributed by atoms with Gasteiger partial charge in [0, 0.05) is 17.7 Å². The quantitative estimate of drug-likeness (QED) is 0.651. The molecule has 1 aromatic carbocycles. The number of aromatic carboxylic acids is 1. The number of hydrogen-bond acceptors (Lipinski definition) is 4. The van der Waals surface area contributed by atoms with Crippen LogP contribution in [0.15, 0.2) is 12.1 Å². The summed E-state index contributed by atoms with van der Waals surface area (Å²) in [4.78, 5) is 21.1. The van der Waals surface area contributed by atoms with E-state index in [0.717, 1.165) is 12.1 Å². The van der Waals surface area contributed by atoms with Crippen molar-refractivity contribution in [3.63, 3.8) is 0 Å². The van der Waals surface area contributed by atoms with Gasteiger partial charge in [-0.05, 0) is 20.8 Å². The van der Waals surface area contributed by atoms with Crippen molar-refractivity contribution in [2.45, 2.75) is 26.3 Å². The second-order valence-corrected chi connectivity index (χ2v) is 5.19. The molecule has 0 aliphatic rings. The molecule has 0 heterocycles. The fraction of sp³-hybridized carbons (Fsp3) is 0.364. The highest BCUT2D eigenvalue weighted by atomic mass is 35.5. The zero-order valence-electron chi connectivity index (χ0n) is 10.2. The molecule has 0 unspecified atom stereocenters. The van der Waals surface area contributed by atoms with Gasteiger partial charge in [-0.15, -0.1) is 0 Å². The first kappa shape index (κ1) is 14.2. The third-order valence-electron chi connectivity index (χ3n) is 2.02. The van der Waals surface area contributed by atoms with Gasteiger partial charge in [0.1, 0.15) is 0 Å². The minimum atomic E-state index is -1.27. The molecule has 18 heavy (non-hydrogen) atoms. The maximum absolute atomic E-state index is 11.1. The van der Waals surface area contributed by atoms with E-state index in [1.807, 2.05) is 20.8 Å². The molecule has 0 saturated carbocycles. The second kappa shape index (κ2) is 4.81. The fourth-order valence-corrected chi connectivity index (χ4v) is 1.63. The first-order valence-corrected chi connectivity index (χ1v) is 5.49. The van der Waals surface area contributed by atoms with E-state index in [0.29, 0.717) is 0 Å². The van der Waals surface area contributed by atoms with E-state index in [2.05, 4.69) is 5.32 Å². The van der Waals surface area contributed by atoms with Crippen LogP contribution in [-0.2, 0) is 0 Å². The van der Waals surface area contributed by atoms with Crippen LogP contribution in [0.2, 0.25) is 5.02 Å². The van der Waals surface area contributed by atoms with Crippen LogP contribution in [-0.4, -0.2) is 21.5 Å².